The Hall–Kier alpha value is -2.40. The van der Waals surface area contributed by atoms with Gasteiger partial charge in [-0.05, 0) is 81.9 Å². The van der Waals surface area contributed by atoms with Crippen molar-refractivity contribution in [3.05, 3.63) is 59.9 Å². The number of benzene rings is 1. The summed E-state index contributed by atoms with van der Waals surface area (Å²) >= 11 is 0. The minimum Gasteiger partial charge on any atom is -0.497 e. The fourth-order valence-electron chi connectivity index (χ4n) is 4.29. The lowest BCUT2D eigenvalue weighted by atomic mass is 9.73. The van der Waals surface area contributed by atoms with Gasteiger partial charge in [-0.15, -0.1) is 0 Å². The second-order valence-electron chi connectivity index (χ2n) is 7.98. The highest BCUT2D eigenvalue weighted by atomic mass is 16.5. The molecule has 0 saturated carbocycles. The first-order valence-electron chi connectivity index (χ1n) is 10.5. The molecule has 0 bridgehead atoms. The summed E-state index contributed by atoms with van der Waals surface area (Å²) in [6, 6.07) is 12.5. The molecule has 5 heteroatoms. The second kappa shape index (κ2) is 9.88. The maximum absolute atomic E-state index is 13.0. The average Bonchev–Trinajstić information content (AvgIpc) is 2.75. The Morgan fingerprint density at radius 1 is 1.21 bits per heavy atom. The lowest BCUT2D eigenvalue weighted by molar-refractivity contribution is -0.159. The lowest BCUT2D eigenvalue weighted by Crippen LogP contribution is -2.49. The number of piperidine rings is 1. The minimum absolute atomic E-state index is 0.0672. The van der Waals surface area contributed by atoms with E-state index in [0.29, 0.717) is 19.1 Å². The van der Waals surface area contributed by atoms with Crippen LogP contribution in [0.15, 0.2) is 48.8 Å². The first kappa shape index (κ1) is 21.3. The Morgan fingerprint density at radius 3 is 2.62 bits per heavy atom. The Kier molecular flexibility index (Phi) is 7.26. The van der Waals surface area contributed by atoms with Gasteiger partial charge in [0, 0.05) is 18.4 Å². The van der Waals surface area contributed by atoms with Gasteiger partial charge in [-0.2, -0.15) is 0 Å². The number of ether oxygens (including phenoxy) is 2. The molecule has 1 aliphatic rings. The molecule has 1 fully saturated rings. The fraction of sp³-hybridized carbons (Fsp3) is 0.500. The van der Waals surface area contributed by atoms with Crippen LogP contribution in [-0.2, 0) is 22.4 Å². The standard InChI is InChI=1S/C24H32N2O3/c1-4-29-23(27)24(17-20-7-5-9-22(16-20)28-3)10-13-26(14-11-24)19(2)15-21-8-6-12-25-18-21/h5-9,12,16,18-19H,4,10-11,13-15,17H2,1-3H3. The van der Waals surface area contributed by atoms with Crippen LogP contribution in [0.25, 0.3) is 0 Å². The highest BCUT2D eigenvalue weighted by Crippen LogP contribution is 2.38. The molecular formula is C24H32N2O3. The summed E-state index contributed by atoms with van der Waals surface area (Å²) in [6.45, 7) is 6.34. The Balaban J connectivity index is 1.69. The van der Waals surface area contributed by atoms with Crippen molar-refractivity contribution in [2.24, 2.45) is 5.41 Å². The zero-order valence-corrected chi connectivity index (χ0v) is 17.8. The summed E-state index contributed by atoms with van der Waals surface area (Å²) in [6.07, 6.45) is 7.01. The first-order chi connectivity index (χ1) is 14.1. The maximum Gasteiger partial charge on any atom is 0.312 e. The molecule has 0 aliphatic carbocycles. The molecule has 3 rings (SSSR count). The van der Waals surface area contributed by atoms with E-state index in [4.69, 9.17) is 9.47 Å². The summed E-state index contributed by atoms with van der Waals surface area (Å²) in [4.78, 5) is 19.7. The van der Waals surface area contributed by atoms with E-state index >= 15 is 0 Å². The summed E-state index contributed by atoms with van der Waals surface area (Å²) in [7, 11) is 1.67. The van der Waals surface area contributed by atoms with Gasteiger partial charge in [0.25, 0.3) is 0 Å². The molecule has 0 N–H and O–H groups in total. The molecule has 1 saturated heterocycles. The maximum atomic E-state index is 13.0. The van der Waals surface area contributed by atoms with Crippen molar-refractivity contribution in [1.82, 2.24) is 9.88 Å². The van der Waals surface area contributed by atoms with Crippen molar-refractivity contribution in [3.8, 4) is 5.75 Å². The summed E-state index contributed by atoms with van der Waals surface area (Å²) in [5.74, 6) is 0.756. The first-order valence-corrected chi connectivity index (χ1v) is 10.5. The SMILES string of the molecule is CCOC(=O)C1(Cc2cccc(OC)c2)CCN(C(C)Cc2cccnc2)CC1. The number of esters is 1. The molecule has 1 aromatic heterocycles. The van der Waals surface area contributed by atoms with Crippen molar-refractivity contribution in [2.45, 2.75) is 45.6 Å². The molecule has 5 nitrogen and oxygen atoms in total. The lowest BCUT2D eigenvalue weighted by Gasteiger charge is -2.42. The number of methoxy groups -OCH3 is 1. The van der Waals surface area contributed by atoms with Crippen LogP contribution in [0.4, 0.5) is 0 Å². The zero-order chi connectivity index (χ0) is 20.7. The molecule has 1 atom stereocenters. The van der Waals surface area contributed by atoms with Crippen molar-refractivity contribution >= 4 is 5.97 Å². The molecule has 0 amide bonds. The number of pyridine rings is 1. The quantitative estimate of drug-likeness (QED) is 0.633. The van der Waals surface area contributed by atoms with Gasteiger partial charge in [-0.25, -0.2) is 0 Å². The number of aromatic nitrogens is 1. The van der Waals surface area contributed by atoms with E-state index in [9.17, 15) is 4.79 Å². The van der Waals surface area contributed by atoms with Crippen LogP contribution in [-0.4, -0.2) is 48.7 Å². The molecule has 29 heavy (non-hydrogen) atoms. The normalized spacial score (nSPS) is 17.5. The number of hydrogen-bond donors (Lipinski definition) is 0. The Labute approximate surface area is 174 Å². The third-order valence-electron chi connectivity index (χ3n) is 6.02. The van der Waals surface area contributed by atoms with Crippen LogP contribution >= 0.6 is 0 Å². The van der Waals surface area contributed by atoms with E-state index in [0.717, 1.165) is 43.7 Å². The molecule has 156 valence electrons. The smallest absolute Gasteiger partial charge is 0.312 e. The van der Waals surface area contributed by atoms with E-state index in [1.807, 2.05) is 37.4 Å². The van der Waals surface area contributed by atoms with E-state index in [2.05, 4.69) is 28.9 Å². The zero-order valence-electron chi connectivity index (χ0n) is 17.8. The van der Waals surface area contributed by atoms with Crippen molar-refractivity contribution < 1.29 is 14.3 Å². The number of carbonyl (C=O) groups excluding carboxylic acids is 1. The fourth-order valence-corrected chi connectivity index (χ4v) is 4.29. The molecule has 0 radical (unpaired) electrons. The van der Waals surface area contributed by atoms with Gasteiger partial charge in [0.05, 0.1) is 19.1 Å². The minimum atomic E-state index is -0.465. The van der Waals surface area contributed by atoms with Crippen LogP contribution in [0.5, 0.6) is 5.75 Å². The number of hydrogen-bond acceptors (Lipinski definition) is 5. The van der Waals surface area contributed by atoms with Gasteiger partial charge in [-0.3, -0.25) is 9.78 Å². The van der Waals surface area contributed by atoms with Crippen LogP contribution in [0.3, 0.4) is 0 Å². The van der Waals surface area contributed by atoms with Crippen molar-refractivity contribution in [2.75, 3.05) is 26.8 Å². The van der Waals surface area contributed by atoms with E-state index < -0.39 is 5.41 Å². The topological polar surface area (TPSA) is 51.7 Å². The Bertz CT molecular complexity index is 786. The largest absolute Gasteiger partial charge is 0.497 e. The van der Waals surface area contributed by atoms with E-state index in [1.54, 1.807) is 13.3 Å². The summed E-state index contributed by atoms with van der Waals surface area (Å²) < 4.78 is 10.9. The van der Waals surface area contributed by atoms with Gasteiger partial charge < -0.3 is 14.4 Å². The summed E-state index contributed by atoms with van der Waals surface area (Å²) in [5, 5.41) is 0. The predicted octanol–water partition coefficient (Wildman–Crippen LogP) is 3.91. The predicted molar refractivity (Wildman–Crippen MR) is 114 cm³/mol. The Morgan fingerprint density at radius 2 is 1.97 bits per heavy atom. The molecular weight excluding hydrogens is 364 g/mol. The van der Waals surface area contributed by atoms with E-state index in [1.165, 1.54) is 5.56 Å². The van der Waals surface area contributed by atoms with Gasteiger partial charge in [0.15, 0.2) is 0 Å². The van der Waals surface area contributed by atoms with E-state index in [-0.39, 0.29) is 5.97 Å². The van der Waals surface area contributed by atoms with Crippen molar-refractivity contribution in [1.29, 1.82) is 0 Å². The average molecular weight is 397 g/mol. The van der Waals surface area contributed by atoms with Crippen LogP contribution < -0.4 is 4.74 Å². The van der Waals surface area contributed by atoms with Gasteiger partial charge in [0.2, 0.25) is 0 Å². The third kappa shape index (κ3) is 5.36. The van der Waals surface area contributed by atoms with Crippen LogP contribution in [0.2, 0.25) is 0 Å². The van der Waals surface area contributed by atoms with Gasteiger partial charge in [0.1, 0.15) is 5.75 Å². The van der Waals surface area contributed by atoms with Crippen LogP contribution in [0.1, 0.15) is 37.8 Å². The molecule has 2 aromatic rings. The number of likely N-dealkylation sites (tertiary alicyclic amines) is 1. The van der Waals surface area contributed by atoms with Crippen LogP contribution in [0, 0.1) is 5.41 Å². The molecule has 1 aromatic carbocycles. The van der Waals surface area contributed by atoms with Gasteiger partial charge in [-0.1, -0.05) is 18.2 Å². The number of rotatable bonds is 8. The van der Waals surface area contributed by atoms with Gasteiger partial charge >= 0.3 is 5.97 Å². The third-order valence-corrected chi connectivity index (χ3v) is 6.02. The highest BCUT2D eigenvalue weighted by Gasteiger charge is 2.43. The second-order valence-corrected chi connectivity index (χ2v) is 7.98. The molecule has 0 spiro atoms. The molecule has 1 unspecified atom stereocenters. The number of carbonyl (C=O) groups is 1. The molecule has 2 heterocycles. The molecule has 1 aliphatic heterocycles. The number of nitrogens with zero attached hydrogens (tertiary/aromatic N) is 2. The highest BCUT2D eigenvalue weighted by molar-refractivity contribution is 5.77. The van der Waals surface area contributed by atoms with Crippen molar-refractivity contribution in [3.63, 3.8) is 0 Å². The summed E-state index contributed by atoms with van der Waals surface area (Å²) in [5.41, 5.74) is 1.90. The monoisotopic (exact) mass is 396 g/mol.